The van der Waals surface area contributed by atoms with Crippen LogP contribution in [-0.4, -0.2) is 23.6 Å². The van der Waals surface area contributed by atoms with Crippen molar-refractivity contribution in [3.05, 3.63) is 11.8 Å². The van der Waals surface area contributed by atoms with Gasteiger partial charge in [-0.3, -0.25) is 0 Å². The number of aryl methyl sites for hydroxylation is 1. The highest BCUT2D eigenvalue weighted by molar-refractivity contribution is 5.29. The Hall–Kier alpha value is -1.36. The average Bonchev–Trinajstić information content (AvgIpc) is 2.16. The highest BCUT2D eigenvalue weighted by Crippen LogP contribution is 2.15. The van der Waals surface area contributed by atoms with Crippen molar-refractivity contribution in [2.75, 3.05) is 19.4 Å². The average molecular weight is 182 g/mol. The molecule has 5 nitrogen and oxygen atoms in total. The van der Waals surface area contributed by atoms with Crippen molar-refractivity contribution in [3.63, 3.8) is 0 Å². The van der Waals surface area contributed by atoms with Gasteiger partial charge in [0, 0.05) is 11.8 Å². The van der Waals surface area contributed by atoms with E-state index in [9.17, 15) is 0 Å². The summed E-state index contributed by atoms with van der Waals surface area (Å²) in [7, 11) is 1.56. The topological polar surface area (TPSA) is 87.0 Å². The van der Waals surface area contributed by atoms with Crippen LogP contribution in [0.1, 0.15) is 12.0 Å². The maximum atomic E-state index is 5.40. The number of nitrogens with zero attached hydrogens (tertiary/aromatic N) is 2. The van der Waals surface area contributed by atoms with Crippen molar-refractivity contribution in [2.45, 2.75) is 12.8 Å². The third-order valence-electron chi connectivity index (χ3n) is 1.69. The van der Waals surface area contributed by atoms with Crippen LogP contribution in [0.2, 0.25) is 0 Å². The molecule has 0 radical (unpaired) electrons. The first-order valence-corrected chi connectivity index (χ1v) is 4.13. The second-order valence-corrected chi connectivity index (χ2v) is 2.65. The molecular formula is C8H14N4O. The van der Waals surface area contributed by atoms with Crippen LogP contribution in [0.25, 0.3) is 0 Å². The zero-order chi connectivity index (χ0) is 9.68. The van der Waals surface area contributed by atoms with E-state index in [2.05, 4.69) is 9.97 Å². The molecule has 13 heavy (non-hydrogen) atoms. The number of anilines is 1. The minimum atomic E-state index is 0.230. The molecule has 1 aromatic heterocycles. The molecule has 1 heterocycles. The van der Waals surface area contributed by atoms with E-state index in [0.29, 0.717) is 12.4 Å². The van der Waals surface area contributed by atoms with Gasteiger partial charge in [0.15, 0.2) is 0 Å². The minimum absolute atomic E-state index is 0.230. The fourth-order valence-electron chi connectivity index (χ4n) is 1.04. The van der Waals surface area contributed by atoms with Crippen LogP contribution in [0.5, 0.6) is 5.88 Å². The molecule has 0 saturated heterocycles. The molecule has 0 aliphatic rings. The molecule has 0 saturated carbocycles. The predicted octanol–water partition coefficient (Wildman–Crippen LogP) is -0.0413. The van der Waals surface area contributed by atoms with Crippen molar-refractivity contribution >= 4 is 5.95 Å². The maximum absolute atomic E-state index is 5.40. The molecule has 72 valence electrons. The number of ether oxygens (including phenoxy) is 1. The normalized spacial score (nSPS) is 10.0. The van der Waals surface area contributed by atoms with Gasteiger partial charge in [0.05, 0.1) is 7.11 Å². The maximum Gasteiger partial charge on any atom is 0.223 e. The number of nitrogen functional groups attached to an aromatic ring is 1. The molecule has 4 N–H and O–H groups in total. The van der Waals surface area contributed by atoms with Gasteiger partial charge in [-0.15, -0.1) is 0 Å². The molecule has 0 aliphatic carbocycles. The van der Waals surface area contributed by atoms with Gasteiger partial charge in [-0.2, -0.15) is 4.98 Å². The Morgan fingerprint density at radius 2 is 2.31 bits per heavy atom. The lowest BCUT2D eigenvalue weighted by atomic mass is 10.2. The summed E-state index contributed by atoms with van der Waals surface area (Å²) in [5.41, 5.74) is 11.7. The highest BCUT2D eigenvalue weighted by Gasteiger charge is 2.04. The molecule has 0 bridgehead atoms. The standard InChI is InChI=1S/C8H14N4O/c1-13-7-6(3-2-4-9)5-11-8(10)12-7/h5H,2-4,9H2,1H3,(H2,10,11,12). The lowest BCUT2D eigenvalue weighted by Crippen LogP contribution is -2.04. The number of hydrogen-bond donors (Lipinski definition) is 2. The Morgan fingerprint density at radius 1 is 1.54 bits per heavy atom. The largest absolute Gasteiger partial charge is 0.481 e. The minimum Gasteiger partial charge on any atom is -0.481 e. The summed E-state index contributed by atoms with van der Waals surface area (Å²) in [5, 5.41) is 0. The van der Waals surface area contributed by atoms with E-state index in [1.54, 1.807) is 13.3 Å². The third kappa shape index (κ3) is 2.55. The number of rotatable bonds is 4. The summed E-state index contributed by atoms with van der Waals surface area (Å²) < 4.78 is 5.05. The highest BCUT2D eigenvalue weighted by atomic mass is 16.5. The molecule has 1 rings (SSSR count). The number of aromatic nitrogens is 2. The first kappa shape index (κ1) is 9.73. The first-order chi connectivity index (χ1) is 6.27. The molecule has 0 aliphatic heterocycles. The summed E-state index contributed by atoms with van der Waals surface area (Å²) in [6.07, 6.45) is 3.39. The fourth-order valence-corrected chi connectivity index (χ4v) is 1.04. The van der Waals surface area contributed by atoms with E-state index >= 15 is 0 Å². The second kappa shape index (κ2) is 4.61. The molecule has 0 fully saturated rings. The molecule has 5 heteroatoms. The van der Waals surface area contributed by atoms with E-state index in [1.165, 1.54) is 0 Å². The Labute approximate surface area is 77.1 Å². The smallest absolute Gasteiger partial charge is 0.223 e. The SMILES string of the molecule is COc1nc(N)ncc1CCCN. The van der Waals surface area contributed by atoms with Crippen molar-refractivity contribution in [1.82, 2.24) is 9.97 Å². The second-order valence-electron chi connectivity index (χ2n) is 2.65. The Bertz CT molecular complexity index is 277. The number of methoxy groups -OCH3 is 1. The number of hydrogen-bond acceptors (Lipinski definition) is 5. The van der Waals surface area contributed by atoms with E-state index in [4.69, 9.17) is 16.2 Å². The summed E-state index contributed by atoms with van der Waals surface area (Å²) in [5.74, 6) is 0.772. The van der Waals surface area contributed by atoms with E-state index < -0.39 is 0 Å². The van der Waals surface area contributed by atoms with E-state index in [-0.39, 0.29) is 5.95 Å². The van der Waals surface area contributed by atoms with Crippen LogP contribution in [0.15, 0.2) is 6.20 Å². The zero-order valence-corrected chi connectivity index (χ0v) is 7.66. The first-order valence-electron chi connectivity index (χ1n) is 4.13. The van der Waals surface area contributed by atoms with Gasteiger partial charge in [-0.05, 0) is 19.4 Å². The molecule has 0 amide bonds. The van der Waals surface area contributed by atoms with E-state index in [0.717, 1.165) is 18.4 Å². The van der Waals surface area contributed by atoms with Crippen LogP contribution in [0.3, 0.4) is 0 Å². The molecule has 0 aromatic carbocycles. The van der Waals surface area contributed by atoms with Crippen LogP contribution < -0.4 is 16.2 Å². The van der Waals surface area contributed by atoms with Gasteiger partial charge in [-0.1, -0.05) is 0 Å². The molecule has 0 atom stereocenters. The lowest BCUT2D eigenvalue weighted by molar-refractivity contribution is 0.391. The monoisotopic (exact) mass is 182 g/mol. The van der Waals surface area contributed by atoms with Gasteiger partial charge in [0.25, 0.3) is 0 Å². The van der Waals surface area contributed by atoms with Gasteiger partial charge in [0.2, 0.25) is 11.8 Å². The van der Waals surface area contributed by atoms with Crippen molar-refractivity contribution in [3.8, 4) is 5.88 Å². The van der Waals surface area contributed by atoms with Gasteiger partial charge < -0.3 is 16.2 Å². The summed E-state index contributed by atoms with van der Waals surface area (Å²) in [4.78, 5) is 7.83. The third-order valence-corrected chi connectivity index (χ3v) is 1.69. The van der Waals surface area contributed by atoms with Crippen LogP contribution in [0, 0.1) is 0 Å². The molecule has 0 spiro atoms. The van der Waals surface area contributed by atoms with Crippen LogP contribution in [-0.2, 0) is 6.42 Å². The predicted molar refractivity (Wildman–Crippen MR) is 50.4 cm³/mol. The van der Waals surface area contributed by atoms with Crippen molar-refractivity contribution < 1.29 is 4.74 Å². The Morgan fingerprint density at radius 3 is 2.92 bits per heavy atom. The number of nitrogens with two attached hydrogens (primary N) is 2. The fraction of sp³-hybridized carbons (Fsp3) is 0.500. The van der Waals surface area contributed by atoms with Gasteiger partial charge in [0.1, 0.15) is 0 Å². The summed E-state index contributed by atoms with van der Waals surface area (Å²) >= 11 is 0. The summed E-state index contributed by atoms with van der Waals surface area (Å²) in [6.45, 7) is 0.646. The van der Waals surface area contributed by atoms with E-state index in [1.807, 2.05) is 0 Å². The molecule has 0 unspecified atom stereocenters. The Kier molecular flexibility index (Phi) is 3.45. The summed E-state index contributed by atoms with van der Waals surface area (Å²) in [6, 6.07) is 0. The van der Waals surface area contributed by atoms with Crippen molar-refractivity contribution in [2.24, 2.45) is 5.73 Å². The lowest BCUT2D eigenvalue weighted by Gasteiger charge is -2.05. The molecular weight excluding hydrogens is 168 g/mol. The zero-order valence-electron chi connectivity index (χ0n) is 7.66. The quantitative estimate of drug-likeness (QED) is 0.682. The van der Waals surface area contributed by atoms with Gasteiger partial charge >= 0.3 is 0 Å². The Balaban J connectivity index is 2.79. The van der Waals surface area contributed by atoms with Gasteiger partial charge in [-0.25, -0.2) is 4.98 Å². The van der Waals surface area contributed by atoms with Crippen molar-refractivity contribution in [1.29, 1.82) is 0 Å². The van der Waals surface area contributed by atoms with Crippen LogP contribution >= 0.6 is 0 Å². The molecule has 1 aromatic rings. The van der Waals surface area contributed by atoms with Crippen LogP contribution in [0.4, 0.5) is 5.95 Å².